The van der Waals surface area contributed by atoms with E-state index in [2.05, 4.69) is 55.2 Å². The summed E-state index contributed by atoms with van der Waals surface area (Å²) >= 11 is 0. The van der Waals surface area contributed by atoms with Crippen LogP contribution >= 0.6 is 0 Å². The zero-order chi connectivity index (χ0) is 14.4. The first-order chi connectivity index (χ1) is 9.78. The van der Waals surface area contributed by atoms with Crippen molar-refractivity contribution in [2.24, 2.45) is 0 Å². The Hall–Kier alpha value is -2.22. The number of nitrogens with one attached hydrogen (secondary N) is 1. The van der Waals surface area contributed by atoms with Crippen LogP contribution in [0, 0.1) is 0 Å². The summed E-state index contributed by atoms with van der Waals surface area (Å²) in [7, 11) is 1.68. The van der Waals surface area contributed by atoms with Gasteiger partial charge in [0.2, 0.25) is 0 Å². The molecule has 3 aromatic rings. The van der Waals surface area contributed by atoms with Gasteiger partial charge in [-0.05, 0) is 40.8 Å². The summed E-state index contributed by atoms with van der Waals surface area (Å²) < 4.78 is 5.16. The predicted octanol–water partition coefficient (Wildman–Crippen LogP) is 5.26. The maximum absolute atomic E-state index is 5.16. The normalized spacial score (nSPS) is 9.95. The van der Waals surface area contributed by atoms with Gasteiger partial charge in [-0.3, -0.25) is 0 Å². The fourth-order valence-corrected chi connectivity index (χ4v) is 2.01. The Morgan fingerprint density at radius 1 is 0.900 bits per heavy atom. The lowest BCUT2D eigenvalue weighted by Gasteiger charge is -2.04. The number of aromatic amines is 1. The number of hydrogen-bond donors (Lipinski definition) is 1. The third-order valence-electron chi connectivity index (χ3n) is 2.98. The monoisotopic (exact) mass is 267 g/mol. The van der Waals surface area contributed by atoms with Gasteiger partial charge in [0.05, 0.1) is 7.11 Å². The number of hydrogen-bond acceptors (Lipinski definition) is 1. The van der Waals surface area contributed by atoms with E-state index >= 15 is 0 Å². The zero-order valence-corrected chi connectivity index (χ0v) is 12.3. The number of rotatable bonds is 2. The van der Waals surface area contributed by atoms with E-state index < -0.39 is 0 Å². The Labute approximate surface area is 120 Å². The SMILES string of the molecule is CCC.COc1ccc(-c2ccc3cc[nH]c3c2)cc1. The van der Waals surface area contributed by atoms with Crippen LogP contribution < -0.4 is 4.74 Å². The highest BCUT2D eigenvalue weighted by atomic mass is 16.5. The molecule has 0 saturated heterocycles. The minimum atomic E-state index is 0.884. The minimum absolute atomic E-state index is 0.884. The third-order valence-corrected chi connectivity index (χ3v) is 2.98. The zero-order valence-electron chi connectivity index (χ0n) is 12.3. The summed E-state index contributed by atoms with van der Waals surface area (Å²) in [6, 6.07) is 16.6. The highest BCUT2D eigenvalue weighted by molar-refractivity contribution is 5.84. The molecule has 0 amide bonds. The number of aromatic nitrogens is 1. The van der Waals surface area contributed by atoms with Gasteiger partial charge in [0.25, 0.3) is 0 Å². The van der Waals surface area contributed by atoms with Crippen molar-refractivity contribution in [3.05, 3.63) is 54.7 Å². The van der Waals surface area contributed by atoms with Crippen molar-refractivity contribution in [1.29, 1.82) is 0 Å². The molecule has 104 valence electrons. The van der Waals surface area contributed by atoms with Crippen molar-refractivity contribution in [3.8, 4) is 16.9 Å². The Morgan fingerprint density at radius 3 is 2.20 bits per heavy atom. The van der Waals surface area contributed by atoms with Crippen molar-refractivity contribution < 1.29 is 4.74 Å². The second-order valence-electron chi connectivity index (χ2n) is 4.72. The van der Waals surface area contributed by atoms with E-state index in [1.807, 2.05) is 18.3 Å². The van der Waals surface area contributed by atoms with Crippen LogP contribution in [0.15, 0.2) is 54.7 Å². The van der Waals surface area contributed by atoms with E-state index in [1.165, 1.54) is 28.5 Å². The summed E-state index contributed by atoms with van der Waals surface area (Å²) in [5.41, 5.74) is 3.57. The number of H-pyrrole nitrogens is 1. The Bertz CT molecular complexity index is 652. The summed E-state index contributed by atoms with van der Waals surface area (Å²) in [6.07, 6.45) is 3.21. The van der Waals surface area contributed by atoms with E-state index in [1.54, 1.807) is 7.11 Å². The Balaban J connectivity index is 0.000000452. The van der Waals surface area contributed by atoms with Crippen LogP contribution in [-0.2, 0) is 0 Å². The smallest absolute Gasteiger partial charge is 0.118 e. The average molecular weight is 267 g/mol. The van der Waals surface area contributed by atoms with E-state index in [0.717, 1.165) is 5.75 Å². The van der Waals surface area contributed by atoms with Crippen LogP contribution in [0.1, 0.15) is 20.3 Å². The van der Waals surface area contributed by atoms with Crippen molar-refractivity contribution in [2.45, 2.75) is 20.3 Å². The van der Waals surface area contributed by atoms with Gasteiger partial charge in [0.15, 0.2) is 0 Å². The molecule has 3 rings (SSSR count). The fourth-order valence-electron chi connectivity index (χ4n) is 2.01. The first-order valence-electron chi connectivity index (χ1n) is 7.00. The minimum Gasteiger partial charge on any atom is -0.497 e. The van der Waals surface area contributed by atoms with Gasteiger partial charge in [-0.2, -0.15) is 0 Å². The van der Waals surface area contributed by atoms with Gasteiger partial charge < -0.3 is 9.72 Å². The van der Waals surface area contributed by atoms with Gasteiger partial charge >= 0.3 is 0 Å². The summed E-state index contributed by atoms with van der Waals surface area (Å²) in [4.78, 5) is 3.23. The van der Waals surface area contributed by atoms with Crippen LogP contribution in [0.3, 0.4) is 0 Å². The Kier molecular flexibility index (Phi) is 4.83. The highest BCUT2D eigenvalue weighted by Gasteiger charge is 2.00. The molecule has 0 radical (unpaired) electrons. The quantitative estimate of drug-likeness (QED) is 0.673. The van der Waals surface area contributed by atoms with Crippen LogP contribution in [-0.4, -0.2) is 12.1 Å². The topological polar surface area (TPSA) is 25.0 Å². The first kappa shape index (κ1) is 14.2. The first-order valence-corrected chi connectivity index (χ1v) is 7.00. The molecule has 1 N–H and O–H groups in total. The van der Waals surface area contributed by atoms with Crippen molar-refractivity contribution in [3.63, 3.8) is 0 Å². The van der Waals surface area contributed by atoms with Gasteiger partial charge in [0.1, 0.15) is 5.75 Å². The molecule has 2 aromatic carbocycles. The molecule has 0 saturated carbocycles. The third kappa shape index (κ3) is 3.21. The van der Waals surface area contributed by atoms with Crippen LogP contribution in [0.2, 0.25) is 0 Å². The molecule has 0 aliphatic rings. The van der Waals surface area contributed by atoms with E-state index in [9.17, 15) is 0 Å². The van der Waals surface area contributed by atoms with E-state index in [4.69, 9.17) is 4.74 Å². The lowest BCUT2D eigenvalue weighted by atomic mass is 10.0. The maximum Gasteiger partial charge on any atom is 0.118 e. The Morgan fingerprint density at radius 2 is 1.55 bits per heavy atom. The molecule has 0 fully saturated rings. The maximum atomic E-state index is 5.16. The second-order valence-corrected chi connectivity index (χ2v) is 4.72. The lowest BCUT2D eigenvalue weighted by molar-refractivity contribution is 0.415. The number of methoxy groups -OCH3 is 1. The molecular weight excluding hydrogens is 246 g/mol. The average Bonchev–Trinajstić information content (AvgIpc) is 2.95. The second kappa shape index (κ2) is 6.80. The summed E-state index contributed by atoms with van der Waals surface area (Å²) in [6.45, 7) is 4.25. The summed E-state index contributed by atoms with van der Waals surface area (Å²) in [5, 5.41) is 1.24. The van der Waals surface area contributed by atoms with Crippen molar-refractivity contribution >= 4 is 10.9 Å². The van der Waals surface area contributed by atoms with Crippen molar-refractivity contribution in [1.82, 2.24) is 4.98 Å². The number of ether oxygens (including phenoxy) is 1. The summed E-state index contributed by atoms with van der Waals surface area (Å²) in [5.74, 6) is 0.884. The fraction of sp³-hybridized carbons (Fsp3) is 0.222. The molecular formula is C18H21NO. The number of fused-ring (bicyclic) bond motifs is 1. The molecule has 1 heterocycles. The molecule has 0 aliphatic heterocycles. The molecule has 2 nitrogen and oxygen atoms in total. The molecule has 2 heteroatoms. The molecule has 1 aromatic heterocycles. The largest absolute Gasteiger partial charge is 0.497 e. The van der Waals surface area contributed by atoms with Gasteiger partial charge in [-0.15, -0.1) is 0 Å². The van der Waals surface area contributed by atoms with Crippen LogP contribution in [0.4, 0.5) is 0 Å². The van der Waals surface area contributed by atoms with Gasteiger partial charge in [0, 0.05) is 11.7 Å². The lowest BCUT2D eigenvalue weighted by Crippen LogP contribution is -1.82. The standard InChI is InChI=1S/C15H13NO.C3H8/c1-17-14-6-4-11(5-7-14)13-3-2-12-8-9-16-15(12)10-13;1-3-2/h2-10,16H,1H3;3H2,1-2H3. The molecule has 0 unspecified atom stereocenters. The van der Waals surface area contributed by atoms with Gasteiger partial charge in [-0.25, -0.2) is 0 Å². The van der Waals surface area contributed by atoms with Gasteiger partial charge in [-0.1, -0.05) is 44.5 Å². The molecule has 20 heavy (non-hydrogen) atoms. The molecule has 0 atom stereocenters. The van der Waals surface area contributed by atoms with Crippen LogP contribution in [0.5, 0.6) is 5.75 Å². The predicted molar refractivity (Wildman–Crippen MR) is 86.3 cm³/mol. The number of benzene rings is 2. The van der Waals surface area contributed by atoms with E-state index in [0.29, 0.717) is 0 Å². The van der Waals surface area contributed by atoms with Crippen LogP contribution in [0.25, 0.3) is 22.0 Å². The molecule has 0 aliphatic carbocycles. The highest BCUT2D eigenvalue weighted by Crippen LogP contribution is 2.25. The van der Waals surface area contributed by atoms with E-state index in [-0.39, 0.29) is 0 Å². The molecule has 0 bridgehead atoms. The molecule has 0 spiro atoms. The van der Waals surface area contributed by atoms with Crippen molar-refractivity contribution in [2.75, 3.05) is 7.11 Å².